The quantitative estimate of drug-likeness (QED) is 0.745. The SMILES string of the molecule is CCC(C)CNC(C)CCc1ccco1. The predicted octanol–water partition coefficient (Wildman–Crippen LogP) is 3.24. The van der Waals surface area contributed by atoms with E-state index in [9.17, 15) is 0 Å². The maximum absolute atomic E-state index is 5.30. The van der Waals surface area contributed by atoms with E-state index in [1.807, 2.05) is 12.1 Å². The lowest BCUT2D eigenvalue weighted by Crippen LogP contribution is -2.30. The van der Waals surface area contributed by atoms with Crippen LogP contribution >= 0.6 is 0 Å². The first-order chi connectivity index (χ1) is 7.22. The van der Waals surface area contributed by atoms with Gasteiger partial charge in [-0.05, 0) is 37.9 Å². The molecule has 0 saturated carbocycles. The predicted molar refractivity (Wildman–Crippen MR) is 63.9 cm³/mol. The van der Waals surface area contributed by atoms with Crippen LogP contribution in [0.4, 0.5) is 0 Å². The lowest BCUT2D eigenvalue weighted by atomic mass is 10.1. The molecule has 2 atom stereocenters. The Kier molecular flexibility index (Phi) is 5.48. The number of hydrogen-bond acceptors (Lipinski definition) is 2. The zero-order valence-electron chi connectivity index (χ0n) is 10.1. The van der Waals surface area contributed by atoms with Gasteiger partial charge in [0.05, 0.1) is 6.26 Å². The van der Waals surface area contributed by atoms with E-state index in [-0.39, 0.29) is 0 Å². The van der Waals surface area contributed by atoms with Crippen LogP contribution in [0.2, 0.25) is 0 Å². The maximum atomic E-state index is 5.30. The molecular weight excluding hydrogens is 186 g/mol. The van der Waals surface area contributed by atoms with Crippen LogP contribution < -0.4 is 5.32 Å². The summed E-state index contributed by atoms with van der Waals surface area (Å²) in [6.07, 6.45) is 5.16. The molecule has 0 aliphatic carbocycles. The van der Waals surface area contributed by atoms with Crippen molar-refractivity contribution < 1.29 is 4.42 Å². The molecule has 1 aromatic heterocycles. The third-order valence-electron chi connectivity index (χ3n) is 2.92. The van der Waals surface area contributed by atoms with Crippen LogP contribution in [0.3, 0.4) is 0 Å². The fraction of sp³-hybridized carbons (Fsp3) is 0.692. The Morgan fingerprint density at radius 3 is 2.80 bits per heavy atom. The Bertz CT molecular complexity index is 243. The molecule has 0 bridgehead atoms. The summed E-state index contributed by atoms with van der Waals surface area (Å²) in [7, 11) is 0. The standard InChI is InChI=1S/C13H23NO/c1-4-11(2)10-14-12(3)7-8-13-6-5-9-15-13/h5-6,9,11-12,14H,4,7-8,10H2,1-3H3. The normalized spacial score (nSPS) is 15.1. The van der Waals surface area contributed by atoms with Crippen molar-refractivity contribution in [1.29, 1.82) is 0 Å². The monoisotopic (exact) mass is 209 g/mol. The summed E-state index contributed by atoms with van der Waals surface area (Å²) in [6.45, 7) is 7.88. The number of rotatable bonds is 7. The summed E-state index contributed by atoms with van der Waals surface area (Å²) in [5.74, 6) is 1.86. The first-order valence-corrected chi connectivity index (χ1v) is 5.98. The van der Waals surface area contributed by atoms with Gasteiger partial charge in [0.15, 0.2) is 0 Å². The van der Waals surface area contributed by atoms with Crippen LogP contribution in [0.5, 0.6) is 0 Å². The van der Waals surface area contributed by atoms with Gasteiger partial charge >= 0.3 is 0 Å². The minimum atomic E-state index is 0.573. The van der Waals surface area contributed by atoms with Crippen LogP contribution in [0, 0.1) is 5.92 Å². The van der Waals surface area contributed by atoms with Gasteiger partial charge in [-0.15, -0.1) is 0 Å². The van der Waals surface area contributed by atoms with E-state index in [4.69, 9.17) is 4.42 Å². The van der Waals surface area contributed by atoms with Gasteiger partial charge in [0.1, 0.15) is 5.76 Å². The van der Waals surface area contributed by atoms with Crippen molar-refractivity contribution >= 4 is 0 Å². The molecule has 2 heteroatoms. The van der Waals surface area contributed by atoms with E-state index in [1.165, 1.54) is 6.42 Å². The molecular formula is C13H23NO. The van der Waals surface area contributed by atoms with E-state index in [0.717, 1.165) is 31.1 Å². The molecule has 0 aliphatic heterocycles. The minimum absolute atomic E-state index is 0.573. The average molecular weight is 209 g/mol. The van der Waals surface area contributed by atoms with E-state index in [0.29, 0.717) is 6.04 Å². The zero-order valence-corrected chi connectivity index (χ0v) is 10.1. The first-order valence-electron chi connectivity index (χ1n) is 5.98. The fourth-order valence-corrected chi connectivity index (χ4v) is 1.46. The summed E-state index contributed by atoms with van der Waals surface area (Å²) < 4.78 is 5.30. The van der Waals surface area contributed by atoms with Crippen LogP contribution in [-0.4, -0.2) is 12.6 Å². The van der Waals surface area contributed by atoms with Crippen molar-refractivity contribution in [3.05, 3.63) is 24.2 Å². The highest BCUT2D eigenvalue weighted by atomic mass is 16.3. The van der Waals surface area contributed by atoms with Crippen molar-refractivity contribution in [2.45, 2.75) is 46.1 Å². The summed E-state index contributed by atoms with van der Waals surface area (Å²) in [4.78, 5) is 0. The Morgan fingerprint density at radius 1 is 1.40 bits per heavy atom. The van der Waals surface area contributed by atoms with E-state index < -0.39 is 0 Å². The van der Waals surface area contributed by atoms with Gasteiger partial charge in [0, 0.05) is 12.5 Å². The maximum Gasteiger partial charge on any atom is 0.103 e. The number of nitrogens with one attached hydrogen (secondary N) is 1. The molecule has 2 nitrogen and oxygen atoms in total. The molecule has 1 heterocycles. The molecule has 0 amide bonds. The largest absolute Gasteiger partial charge is 0.469 e. The van der Waals surface area contributed by atoms with E-state index in [2.05, 4.69) is 26.1 Å². The van der Waals surface area contributed by atoms with Gasteiger partial charge in [-0.2, -0.15) is 0 Å². The Labute approximate surface area is 93.1 Å². The third kappa shape index (κ3) is 5.03. The second kappa shape index (κ2) is 6.67. The molecule has 1 N–H and O–H groups in total. The summed E-state index contributed by atoms with van der Waals surface area (Å²) in [6, 6.07) is 4.57. The average Bonchev–Trinajstić information content (AvgIpc) is 2.75. The second-order valence-corrected chi connectivity index (χ2v) is 4.44. The summed E-state index contributed by atoms with van der Waals surface area (Å²) in [5, 5.41) is 3.55. The summed E-state index contributed by atoms with van der Waals surface area (Å²) >= 11 is 0. The van der Waals surface area contributed by atoms with Crippen LogP contribution in [-0.2, 0) is 6.42 Å². The van der Waals surface area contributed by atoms with Crippen molar-refractivity contribution in [2.24, 2.45) is 5.92 Å². The summed E-state index contributed by atoms with van der Waals surface area (Å²) in [5.41, 5.74) is 0. The van der Waals surface area contributed by atoms with Crippen molar-refractivity contribution in [3.63, 3.8) is 0 Å². The Morgan fingerprint density at radius 2 is 2.20 bits per heavy atom. The van der Waals surface area contributed by atoms with Crippen LogP contribution in [0.1, 0.15) is 39.4 Å². The molecule has 1 rings (SSSR count). The lowest BCUT2D eigenvalue weighted by Gasteiger charge is -2.16. The van der Waals surface area contributed by atoms with E-state index >= 15 is 0 Å². The third-order valence-corrected chi connectivity index (χ3v) is 2.92. The van der Waals surface area contributed by atoms with Gasteiger partial charge in [-0.1, -0.05) is 20.3 Å². The van der Waals surface area contributed by atoms with Crippen molar-refractivity contribution in [3.8, 4) is 0 Å². The van der Waals surface area contributed by atoms with Gasteiger partial charge in [0.2, 0.25) is 0 Å². The molecule has 0 spiro atoms. The number of furan rings is 1. The zero-order chi connectivity index (χ0) is 11.1. The van der Waals surface area contributed by atoms with Gasteiger partial charge in [-0.3, -0.25) is 0 Å². The highest BCUT2D eigenvalue weighted by molar-refractivity contribution is 4.98. The molecule has 1 aromatic rings. The molecule has 0 fully saturated rings. The topological polar surface area (TPSA) is 25.2 Å². The highest BCUT2D eigenvalue weighted by Gasteiger charge is 2.05. The Hall–Kier alpha value is -0.760. The molecule has 0 aromatic carbocycles. The van der Waals surface area contributed by atoms with Crippen LogP contribution in [0.25, 0.3) is 0 Å². The second-order valence-electron chi connectivity index (χ2n) is 4.44. The molecule has 0 saturated heterocycles. The van der Waals surface area contributed by atoms with Gasteiger partial charge in [0.25, 0.3) is 0 Å². The minimum Gasteiger partial charge on any atom is -0.469 e. The first kappa shape index (κ1) is 12.3. The van der Waals surface area contributed by atoms with Crippen molar-refractivity contribution in [1.82, 2.24) is 5.32 Å². The van der Waals surface area contributed by atoms with Crippen LogP contribution in [0.15, 0.2) is 22.8 Å². The van der Waals surface area contributed by atoms with E-state index in [1.54, 1.807) is 6.26 Å². The molecule has 15 heavy (non-hydrogen) atoms. The number of hydrogen-bond donors (Lipinski definition) is 1. The molecule has 2 unspecified atom stereocenters. The Balaban J connectivity index is 2.11. The fourth-order valence-electron chi connectivity index (χ4n) is 1.46. The smallest absolute Gasteiger partial charge is 0.103 e. The lowest BCUT2D eigenvalue weighted by molar-refractivity contribution is 0.422. The molecule has 0 radical (unpaired) electrons. The molecule has 0 aliphatic rings. The number of aryl methyl sites for hydroxylation is 1. The molecule has 86 valence electrons. The van der Waals surface area contributed by atoms with Crippen molar-refractivity contribution in [2.75, 3.05) is 6.54 Å². The highest BCUT2D eigenvalue weighted by Crippen LogP contribution is 2.06. The van der Waals surface area contributed by atoms with Gasteiger partial charge < -0.3 is 9.73 Å². The van der Waals surface area contributed by atoms with Gasteiger partial charge in [-0.25, -0.2) is 0 Å².